The molecule has 1 saturated heterocycles. The highest BCUT2D eigenvalue weighted by molar-refractivity contribution is 7.99. The highest BCUT2D eigenvalue weighted by Crippen LogP contribution is 2.34. The van der Waals surface area contributed by atoms with Gasteiger partial charge in [-0.1, -0.05) is 29.1 Å². The van der Waals surface area contributed by atoms with Crippen molar-refractivity contribution in [2.24, 2.45) is 7.05 Å². The first-order chi connectivity index (χ1) is 15.7. The minimum atomic E-state index is -4.38. The lowest BCUT2D eigenvalue weighted by molar-refractivity contribution is -0.137. The van der Waals surface area contributed by atoms with Crippen LogP contribution in [0, 0.1) is 0 Å². The molecule has 2 aromatic heterocycles. The average molecular weight is 480 g/mol. The molecule has 2 atom stereocenters. The number of carbonyl (C=O) groups excluding carboxylic acids is 1. The highest BCUT2D eigenvalue weighted by atomic mass is 32.2. The van der Waals surface area contributed by atoms with Gasteiger partial charge in [0.15, 0.2) is 5.16 Å². The summed E-state index contributed by atoms with van der Waals surface area (Å²) < 4.78 is 45.5. The number of hydrogen-bond donors (Lipinski definition) is 0. The first-order valence-electron chi connectivity index (χ1n) is 10.4. The van der Waals surface area contributed by atoms with Crippen molar-refractivity contribution in [1.82, 2.24) is 24.5 Å². The number of aromatic nitrogens is 3. The largest absolute Gasteiger partial charge is 0.416 e. The molecule has 0 radical (unpaired) electrons. The van der Waals surface area contributed by atoms with Crippen molar-refractivity contribution in [1.29, 1.82) is 0 Å². The first-order valence-corrected chi connectivity index (χ1v) is 11.3. The van der Waals surface area contributed by atoms with E-state index in [1.54, 1.807) is 36.0 Å². The maximum absolute atomic E-state index is 13.3. The molecule has 0 unspecified atom stereocenters. The van der Waals surface area contributed by atoms with Gasteiger partial charge in [0.1, 0.15) is 12.0 Å². The number of likely N-dealkylation sites (tertiary alicyclic amines) is 1. The Morgan fingerprint density at radius 3 is 2.64 bits per heavy atom. The molecular formula is C22H24F3N5O2S. The van der Waals surface area contributed by atoms with Crippen molar-refractivity contribution < 1.29 is 22.5 Å². The van der Waals surface area contributed by atoms with Crippen LogP contribution in [0.3, 0.4) is 0 Å². The average Bonchev–Trinajstić information content (AvgIpc) is 3.50. The summed E-state index contributed by atoms with van der Waals surface area (Å²) in [4.78, 5) is 21.3. The molecule has 1 fully saturated rings. The molecule has 0 N–H and O–H groups in total. The molecule has 176 valence electrons. The van der Waals surface area contributed by atoms with Crippen molar-refractivity contribution in [3.8, 4) is 0 Å². The van der Waals surface area contributed by atoms with E-state index in [9.17, 15) is 18.0 Å². The molecule has 0 spiro atoms. The predicted octanol–water partition coefficient (Wildman–Crippen LogP) is 3.82. The van der Waals surface area contributed by atoms with Crippen LogP contribution in [-0.2, 0) is 31.1 Å². The summed E-state index contributed by atoms with van der Waals surface area (Å²) in [5.41, 5.74) is 0.690. The van der Waals surface area contributed by atoms with Crippen molar-refractivity contribution in [3.05, 3.63) is 65.8 Å². The van der Waals surface area contributed by atoms with E-state index < -0.39 is 17.8 Å². The molecule has 1 aromatic carbocycles. The lowest BCUT2D eigenvalue weighted by Gasteiger charge is -2.27. The second-order valence-corrected chi connectivity index (χ2v) is 9.39. The van der Waals surface area contributed by atoms with Crippen LogP contribution >= 0.6 is 11.8 Å². The molecular weight excluding hydrogens is 455 g/mol. The van der Waals surface area contributed by atoms with Crippen LogP contribution in [0.2, 0.25) is 0 Å². The third-order valence-electron chi connectivity index (χ3n) is 5.63. The van der Waals surface area contributed by atoms with Crippen LogP contribution < -0.4 is 0 Å². The number of thioether (sulfide) groups is 1. The summed E-state index contributed by atoms with van der Waals surface area (Å²) in [7, 11) is 3.63. The van der Waals surface area contributed by atoms with E-state index in [4.69, 9.17) is 4.52 Å². The second-order valence-electron chi connectivity index (χ2n) is 8.12. The quantitative estimate of drug-likeness (QED) is 0.513. The number of alkyl halides is 3. The fraction of sp³-hybridized carbons (Fsp3) is 0.409. The first kappa shape index (κ1) is 23.4. The lowest BCUT2D eigenvalue weighted by Crippen LogP contribution is -2.43. The number of likely N-dealkylation sites (N-methyl/N-ethyl adjacent to an activating group) is 1. The van der Waals surface area contributed by atoms with Gasteiger partial charge in [0.25, 0.3) is 0 Å². The van der Waals surface area contributed by atoms with Gasteiger partial charge in [-0.05, 0) is 24.1 Å². The Bertz CT molecular complexity index is 1070. The van der Waals surface area contributed by atoms with E-state index in [0.29, 0.717) is 31.7 Å². The Morgan fingerprint density at radius 2 is 2.03 bits per heavy atom. The highest BCUT2D eigenvalue weighted by Gasteiger charge is 2.39. The Labute approximate surface area is 193 Å². The molecule has 11 heteroatoms. The molecule has 1 aliphatic heterocycles. The Morgan fingerprint density at radius 1 is 1.27 bits per heavy atom. The van der Waals surface area contributed by atoms with Gasteiger partial charge in [-0.15, -0.1) is 0 Å². The normalized spacial score (nSPS) is 19.2. The summed E-state index contributed by atoms with van der Waals surface area (Å²) in [6, 6.07) is 6.42. The van der Waals surface area contributed by atoms with E-state index in [2.05, 4.69) is 10.1 Å². The van der Waals surface area contributed by atoms with Crippen molar-refractivity contribution >= 4 is 17.7 Å². The Hall–Kier alpha value is -2.79. The number of amides is 1. The molecule has 3 aromatic rings. The zero-order valence-electron chi connectivity index (χ0n) is 18.2. The van der Waals surface area contributed by atoms with Gasteiger partial charge in [0, 0.05) is 50.9 Å². The van der Waals surface area contributed by atoms with Crippen molar-refractivity contribution in [2.45, 2.75) is 42.1 Å². The lowest BCUT2D eigenvalue weighted by atomic mass is 10.1. The molecule has 1 aliphatic rings. The second kappa shape index (κ2) is 9.60. The fourth-order valence-corrected chi connectivity index (χ4v) is 5.11. The number of aryl methyl sites for hydroxylation is 1. The van der Waals surface area contributed by atoms with Crippen LogP contribution in [0.15, 0.2) is 58.7 Å². The summed E-state index contributed by atoms with van der Waals surface area (Å²) >= 11 is 1.61. The summed E-state index contributed by atoms with van der Waals surface area (Å²) in [5.74, 6) is -0.0622. The Kier molecular flexibility index (Phi) is 6.80. The topological polar surface area (TPSA) is 67.4 Å². The molecule has 7 nitrogen and oxygen atoms in total. The van der Waals surface area contributed by atoms with Gasteiger partial charge in [0.2, 0.25) is 5.91 Å². The van der Waals surface area contributed by atoms with Gasteiger partial charge in [-0.3, -0.25) is 9.69 Å². The maximum Gasteiger partial charge on any atom is 0.416 e. The van der Waals surface area contributed by atoms with Crippen LogP contribution in [0.25, 0.3) is 0 Å². The number of nitrogens with zero attached hydrogens (tertiary/aromatic N) is 5. The van der Waals surface area contributed by atoms with Gasteiger partial charge in [-0.2, -0.15) is 13.2 Å². The van der Waals surface area contributed by atoms with Gasteiger partial charge < -0.3 is 14.0 Å². The van der Waals surface area contributed by atoms with Gasteiger partial charge in [0.05, 0.1) is 18.2 Å². The van der Waals surface area contributed by atoms with E-state index in [0.717, 1.165) is 22.9 Å². The number of hydrogen-bond acceptors (Lipinski definition) is 6. The summed E-state index contributed by atoms with van der Waals surface area (Å²) in [5, 5.41) is 4.85. The van der Waals surface area contributed by atoms with Crippen molar-refractivity contribution in [3.63, 3.8) is 0 Å². The summed E-state index contributed by atoms with van der Waals surface area (Å²) in [6.45, 7) is 1.31. The van der Waals surface area contributed by atoms with Crippen LogP contribution in [-0.4, -0.2) is 55.3 Å². The molecule has 0 aliphatic carbocycles. The SMILES string of the molecule is CN(Cc1ccon1)C(=O)[C@@H]1C[C@@H](Sc2nccn2C)CN1Cc1ccc(C(F)(F)F)cc1. The minimum Gasteiger partial charge on any atom is -0.364 e. The van der Waals surface area contributed by atoms with E-state index >= 15 is 0 Å². The molecule has 33 heavy (non-hydrogen) atoms. The number of halogens is 3. The standard InChI is InChI=1S/C22H24F3N5O2S/c1-28-9-8-26-21(28)33-18-11-19(20(31)29(2)13-17-7-10-32-27-17)30(14-18)12-15-3-5-16(6-4-15)22(23,24)25/h3-10,18-19H,11-14H2,1-2H3/t18-,19+/m1/s1. The molecule has 0 bridgehead atoms. The Balaban J connectivity index is 1.50. The smallest absolute Gasteiger partial charge is 0.364 e. The van der Waals surface area contributed by atoms with E-state index in [-0.39, 0.29) is 11.2 Å². The number of carbonyl (C=O) groups is 1. The van der Waals surface area contributed by atoms with Crippen LogP contribution in [0.1, 0.15) is 23.2 Å². The van der Waals surface area contributed by atoms with Crippen LogP contribution in [0.5, 0.6) is 0 Å². The van der Waals surface area contributed by atoms with Gasteiger partial charge in [-0.25, -0.2) is 4.98 Å². The number of imidazole rings is 1. The summed E-state index contributed by atoms with van der Waals surface area (Å²) in [6.07, 6.45) is 1.29. The third-order valence-corrected chi connectivity index (χ3v) is 6.91. The zero-order chi connectivity index (χ0) is 23.6. The third kappa shape index (κ3) is 5.59. The van der Waals surface area contributed by atoms with Crippen LogP contribution in [0.4, 0.5) is 13.2 Å². The van der Waals surface area contributed by atoms with Gasteiger partial charge >= 0.3 is 6.18 Å². The fourth-order valence-electron chi connectivity index (χ4n) is 3.92. The predicted molar refractivity (Wildman–Crippen MR) is 116 cm³/mol. The number of benzene rings is 1. The monoisotopic (exact) mass is 479 g/mol. The molecule has 0 saturated carbocycles. The molecule has 4 rings (SSSR count). The molecule has 1 amide bonds. The maximum atomic E-state index is 13.3. The van der Waals surface area contributed by atoms with Crippen molar-refractivity contribution in [2.75, 3.05) is 13.6 Å². The zero-order valence-corrected chi connectivity index (χ0v) is 19.0. The van der Waals surface area contributed by atoms with E-state index in [1.165, 1.54) is 18.4 Å². The molecule has 3 heterocycles. The number of rotatable bonds is 7. The van der Waals surface area contributed by atoms with E-state index in [1.807, 2.05) is 22.7 Å². The minimum absolute atomic E-state index is 0.0622.